The van der Waals surface area contributed by atoms with Crippen LogP contribution in [-0.2, 0) is 0 Å². The van der Waals surface area contributed by atoms with Crippen LogP contribution in [0.3, 0.4) is 0 Å². The molecule has 1 aliphatic heterocycles. The number of carbonyl (C=O) groups excluding carboxylic acids is 1. The summed E-state index contributed by atoms with van der Waals surface area (Å²) in [4.78, 5) is 20.1. The molecule has 1 fully saturated rings. The van der Waals surface area contributed by atoms with Crippen molar-refractivity contribution in [3.63, 3.8) is 0 Å². The third-order valence-electron chi connectivity index (χ3n) is 4.28. The molecule has 3 rings (SSSR count). The molecule has 0 spiro atoms. The van der Waals surface area contributed by atoms with Gasteiger partial charge in [0.05, 0.1) is 5.56 Å². The van der Waals surface area contributed by atoms with Crippen molar-refractivity contribution in [2.24, 2.45) is 0 Å². The van der Waals surface area contributed by atoms with Crippen LogP contribution in [0.5, 0.6) is 0 Å². The largest absolute Gasteiger partial charge is 0.382 e. The Hall–Kier alpha value is -2.57. The zero-order valence-corrected chi connectivity index (χ0v) is 13.5. The number of anilines is 2. The highest BCUT2D eigenvalue weighted by Gasteiger charge is 2.23. The average molecular weight is 314 g/mol. The molecule has 0 atom stereocenters. The van der Waals surface area contributed by atoms with Crippen LogP contribution >= 0.6 is 0 Å². The SMILES string of the molecule is CN(C)C(=O)c1ccc(N2CCC(c3cc(N)n[nH]3)CC2)nc1. The van der Waals surface area contributed by atoms with E-state index >= 15 is 0 Å². The van der Waals surface area contributed by atoms with Gasteiger partial charge in [0.1, 0.15) is 11.6 Å². The number of amides is 1. The third-order valence-corrected chi connectivity index (χ3v) is 4.28. The van der Waals surface area contributed by atoms with Crippen molar-refractivity contribution in [1.82, 2.24) is 20.1 Å². The van der Waals surface area contributed by atoms with Crippen LogP contribution < -0.4 is 10.6 Å². The Labute approximate surface area is 135 Å². The molecule has 0 bridgehead atoms. The summed E-state index contributed by atoms with van der Waals surface area (Å²) in [7, 11) is 3.48. The molecule has 2 aromatic heterocycles. The van der Waals surface area contributed by atoms with Crippen molar-refractivity contribution in [3.8, 4) is 0 Å². The topological polar surface area (TPSA) is 91.1 Å². The van der Waals surface area contributed by atoms with E-state index in [-0.39, 0.29) is 5.91 Å². The smallest absolute Gasteiger partial charge is 0.254 e. The fraction of sp³-hybridized carbons (Fsp3) is 0.438. The lowest BCUT2D eigenvalue weighted by molar-refractivity contribution is 0.0827. The lowest BCUT2D eigenvalue weighted by Gasteiger charge is -2.32. The summed E-state index contributed by atoms with van der Waals surface area (Å²) in [5, 5.41) is 7.01. The number of nitrogens with zero attached hydrogens (tertiary/aromatic N) is 4. The fourth-order valence-electron chi connectivity index (χ4n) is 2.94. The van der Waals surface area contributed by atoms with Gasteiger partial charge in [-0.25, -0.2) is 4.98 Å². The first-order valence-corrected chi connectivity index (χ1v) is 7.78. The van der Waals surface area contributed by atoms with E-state index in [9.17, 15) is 4.79 Å². The number of nitrogen functional groups attached to an aromatic ring is 1. The van der Waals surface area contributed by atoms with Gasteiger partial charge in [0, 0.05) is 51.1 Å². The van der Waals surface area contributed by atoms with Gasteiger partial charge in [-0.3, -0.25) is 9.89 Å². The summed E-state index contributed by atoms with van der Waals surface area (Å²) < 4.78 is 0. The van der Waals surface area contributed by atoms with Crippen LogP contribution in [0, 0.1) is 0 Å². The van der Waals surface area contributed by atoms with E-state index in [2.05, 4.69) is 20.1 Å². The van der Waals surface area contributed by atoms with Crippen LogP contribution in [0.2, 0.25) is 0 Å². The van der Waals surface area contributed by atoms with Crippen molar-refractivity contribution < 1.29 is 4.79 Å². The van der Waals surface area contributed by atoms with Crippen LogP contribution in [0.25, 0.3) is 0 Å². The monoisotopic (exact) mass is 314 g/mol. The number of aromatic nitrogens is 3. The maximum atomic E-state index is 11.9. The lowest BCUT2D eigenvalue weighted by Crippen LogP contribution is -2.33. The number of hydrogen-bond donors (Lipinski definition) is 2. The third kappa shape index (κ3) is 3.28. The van der Waals surface area contributed by atoms with Crippen molar-refractivity contribution in [2.45, 2.75) is 18.8 Å². The van der Waals surface area contributed by atoms with E-state index in [4.69, 9.17) is 5.73 Å². The molecular weight excluding hydrogens is 292 g/mol. The molecule has 23 heavy (non-hydrogen) atoms. The molecule has 7 nitrogen and oxygen atoms in total. The number of pyridine rings is 1. The Kier molecular flexibility index (Phi) is 4.18. The Balaban J connectivity index is 1.62. The number of nitrogens with one attached hydrogen (secondary N) is 1. The van der Waals surface area contributed by atoms with Crippen molar-refractivity contribution in [3.05, 3.63) is 35.7 Å². The summed E-state index contributed by atoms with van der Waals surface area (Å²) >= 11 is 0. The minimum absolute atomic E-state index is 0.0282. The molecule has 3 N–H and O–H groups in total. The minimum Gasteiger partial charge on any atom is -0.382 e. The molecule has 0 unspecified atom stereocenters. The zero-order chi connectivity index (χ0) is 16.4. The summed E-state index contributed by atoms with van der Waals surface area (Å²) in [5.41, 5.74) is 7.40. The molecule has 7 heteroatoms. The van der Waals surface area contributed by atoms with Gasteiger partial charge in [0.15, 0.2) is 0 Å². The summed E-state index contributed by atoms with van der Waals surface area (Å²) in [6.45, 7) is 1.86. The number of hydrogen-bond acceptors (Lipinski definition) is 5. The maximum Gasteiger partial charge on any atom is 0.254 e. The molecule has 1 aliphatic rings. The van der Waals surface area contributed by atoms with E-state index in [0.717, 1.165) is 37.4 Å². The summed E-state index contributed by atoms with van der Waals surface area (Å²) in [5.74, 6) is 1.90. The zero-order valence-electron chi connectivity index (χ0n) is 13.5. The number of H-pyrrole nitrogens is 1. The van der Waals surface area contributed by atoms with Gasteiger partial charge in [0.2, 0.25) is 0 Å². The van der Waals surface area contributed by atoms with Crippen LogP contribution in [-0.4, -0.2) is 53.2 Å². The molecule has 0 aliphatic carbocycles. The van der Waals surface area contributed by atoms with Gasteiger partial charge < -0.3 is 15.5 Å². The Bertz CT molecular complexity index is 670. The van der Waals surface area contributed by atoms with E-state index in [1.165, 1.54) is 0 Å². The van der Waals surface area contributed by atoms with Gasteiger partial charge in [-0.05, 0) is 25.0 Å². The average Bonchev–Trinajstić information content (AvgIpc) is 3.01. The molecule has 0 radical (unpaired) electrons. The van der Waals surface area contributed by atoms with Gasteiger partial charge >= 0.3 is 0 Å². The number of piperidine rings is 1. The Morgan fingerprint density at radius 1 is 1.35 bits per heavy atom. The first-order chi connectivity index (χ1) is 11.0. The molecule has 0 aromatic carbocycles. The Morgan fingerprint density at radius 2 is 2.09 bits per heavy atom. The molecule has 0 saturated carbocycles. The summed E-state index contributed by atoms with van der Waals surface area (Å²) in [6, 6.07) is 5.68. The Morgan fingerprint density at radius 3 is 2.61 bits per heavy atom. The van der Waals surface area contributed by atoms with Crippen molar-refractivity contribution in [1.29, 1.82) is 0 Å². The maximum absolute atomic E-state index is 11.9. The fourth-order valence-corrected chi connectivity index (χ4v) is 2.94. The standard InChI is InChI=1S/C16H22N6O/c1-21(2)16(23)12-3-4-15(18-10-12)22-7-5-11(6-8-22)13-9-14(17)20-19-13/h3-4,9-11H,5-8H2,1-2H3,(H3,17,19,20). The number of rotatable bonds is 3. The highest BCUT2D eigenvalue weighted by atomic mass is 16.2. The van der Waals surface area contributed by atoms with E-state index in [0.29, 0.717) is 17.3 Å². The van der Waals surface area contributed by atoms with Crippen LogP contribution in [0.4, 0.5) is 11.6 Å². The van der Waals surface area contributed by atoms with Gasteiger partial charge in [-0.2, -0.15) is 5.10 Å². The number of carbonyl (C=O) groups is 1. The first-order valence-electron chi connectivity index (χ1n) is 7.78. The minimum atomic E-state index is -0.0282. The molecule has 1 amide bonds. The van der Waals surface area contributed by atoms with E-state index in [1.807, 2.05) is 18.2 Å². The molecule has 2 aromatic rings. The van der Waals surface area contributed by atoms with Gasteiger partial charge in [-0.1, -0.05) is 0 Å². The molecular formula is C16H22N6O. The number of aromatic amines is 1. The van der Waals surface area contributed by atoms with Crippen molar-refractivity contribution >= 4 is 17.5 Å². The highest BCUT2D eigenvalue weighted by molar-refractivity contribution is 5.93. The first kappa shape index (κ1) is 15.3. The molecule has 1 saturated heterocycles. The predicted molar refractivity (Wildman–Crippen MR) is 89.4 cm³/mol. The number of nitrogens with two attached hydrogens (primary N) is 1. The van der Waals surface area contributed by atoms with Gasteiger partial charge in [-0.15, -0.1) is 0 Å². The van der Waals surface area contributed by atoms with Crippen molar-refractivity contribution in [2.75, 3.05) is 37.8 Å². The van der Waals surface area contributed by atoms with Crippen LogP contribution in [0.1, 0.15) is 34.8 Å². The lowest BCUT2D eigenvalue weighted by atomic mass is 9.93. The van der Waals surface area contributed by atoms with Crippen LogP contribution in [0.15, 0.2) is 24.4 Å². The molecule has 122 valence electrons. The summed E-state index contributed by atoms with van der Waals surface area (Å²) in [6.07, 6.45) is 3.71. The second kappa shape index (κ2) is 6.28. The predicted octanol–water partition coefficient (Wildman–Crippen LogP) is 1.47. The highest BCUT2D eigenvalue weighted by Crippen LogP contribution is 2.29. The second-order valence-electron chi connectivity index (χ2n) is 6.11. The van der Waals surface area contributed by atoms with E-state index < -0.39 is 0 Å². The normalized spacial score (nSPS) is 15.7. The van der Waals surface area contributed by atoms with E-state index in [1.54, 1.807) is 25.2 Å². The van der Waals surface area contributed by atoms with Gasteiger partial charge in [0.25, 0.3) is 5.91 Å². The second-order valence-corrected chi connectivity index (χ2v) is 6.11. The quantitative estimate of drug-likeness (QED) is 0.895. The molecule has 3 heterocycles.